The van der Waals surface area contributed by atoms with Gasteiger partial charge in [0.1, 0.15) is 5.82 Å². The van der Waals surface area contributed by atoms with Crippen molar-refractivity contribution in [3.05, 3.63) is 86.7 Å². The van der Waals surface area contributed by atoms with Gasteiger partial charge in [-0.3, -0.25) is 9.59 Å². The molecule has 1 aliphatic rings. The number of hydrogen-bond acceptors (Lipinski definition) is 6. The molecular weight excluding hydrogens is 426 g/mol. The molecule has 1 atom stereocenters. The van der Waals surface area contributed by atoms with E-state index in [1.807, 2.05) is 25.1 Å². The second-order valence-corrected chi connectivity index (χ2v) is 8.60. The van der Waals surface area contributed by atoms with Gasteiger partial charge in [0.2, 0.25) is 5.91 Å². The number of carbonyl (C=O) groups excluding carboxylic acids is 2. The molecule has 1 aromatic heterocycles. The Balaban J connectivity index is 1.69. The second kappa shape index (κ2) is 9.00. The zero-order valence-corrected chi connectivity index (χ0v) is 18.9. The van der Waals surface area contributed by atoms with Crippen molar-refractivity contribution < 1.29 is 14.3 Å². The maximum atomic E-state index is 13.1. The number of rotatable bonds is 5. The smallest absolute Gasteiger partial charge is 0.337 e. The molecule has 1 aliphatic heterocycles. The van der Waals surface area contributed by atoms with Crippen molar-refractivity contribution in [1.82, 2.24) is 9.55 Å². The number of aryl methyl sites for hydroxylation is 1. The largest absolute Gasteiger partial charge is 0.465 e. The molecule has 1 N–H and O–H groups in total. The predicted molar refractivity (Wildman–Crippen MR) is 123 cm³/mol. The van der Waals surface area contributed by atoms with E-state index in [0.717, 1.165) is 11.1 Å². The Labute approximate surface area is 189 Å². The lowest BCUT2D eigenvalue weighted by Crippen LogP contribution is -2.33. The van der Waals surface area contributed by atoms with Gasteiger partial charge in [0.25, 0.3) is 5.56 Å². The molecule has 0 aliphatic carbocycles. The van der Waals surface area contributed by atoms with E-state index in [0.29, 0.717) is 27.9 Å². The third-order valence-electron chi connectivity index (χ3n) is 5.65. The fourth-order valence-corrected chi connectivity index (χ4v) is 4.87. The third kappa shape index (κ3) is 4.18. The van der Waals surface area contributed by atoms with Crippen LogP contribution in [0.25, 0.3) is 0 Å². The van der Waals surface area contributed by atoms with Crippen LogP contribution in [0.4, 0.5) is 5.82 Å². The highest BCUT2D eigenvalue weighted by Gasteiger charge is 2.32. The van der Waals surface area contributed by atoms with Gasteiger partial charge < -0.3 is 14.6 Å². The van der Waals surface area contributed by atoms with Crippen LogP contribution < -0.4 is 10.9 Å². The Kier molecular flexibility index (Phi) is 6.14. The number of esters is 1. The van der Waals surface area contributed by atoms with E-state index in [4.69, 9.17) is 4.74 Å². The highest BCUT2D eigenvalue weighted by atomic mass is 32.2. The predicted octanol–water partition coefficient (Wildman–Crippen LogP) is 3.64. The van der Waals surface area contributed by atoms with Gasteiger partial charge in [-0.2, -0.15) is 4.98 Å². The first-order valence-corrected chi connectivity index (χ1v) is 11.1. The van der Waals surface area contributed by atoms with Gasteiger partial charge in [-0.15, -0.1) is 0 Å². The maximum absolute atomic E-state index is 13.1. The van der Waals surface area contributed by atoms with E-state index >= 15 is 0 Å². The van der Waals surface area contributed by atoms with Crippen molar-refractivity contribution in [2.24, 2.45) is 7.05 Å². The zero-order valence-electron chi connectivity index (χ0n) is 18.0. The number of nitrogens with zero attached hydrogens (tertiary/aromatic N) is 2. The summed E-state index contributed by atoms with van der Waals surface area (Å²) >= 11 is 1.46. The third-order valence-corrected chi connectivity index (χ3v) is 6.73. The number of carbonyl (C=O) groups is 2. The van der Waals surface area contributed by atoms with Crippen LogP contribution in [0.15, 0.2) is 58.5 Å². The molecule has 32 heavy (non-hydrogen) atoms. The Morgan fingerprint density at radius 1 is 1.19 bits per heavy atom. The van der Waals surface area contributed by atoms with Crippen LogP contribution in [0, 0.1) is 6.92 Å². The van der Waals surface area contributed by atoms with E-state index in [2.05, 4.69) is 16.4 Å². The number of ether oxygens (including phenoxy) is 1. The molecule has 0 fully saturated rings. The molecule has 8 heteroatoms. The number of benzene rings is 2. The molecular formula is C24H23N3O4S. The summed E-state index contributed by atoms with van der Waals surface area (Å²) in [4.78, 5) is 41.6. The summed E-state index contributed by atoms with van der Waals surface area (Å²) in [5, 5.41) is 3.39. The van der Waals surface area contributed by atoms with E-state index < -0.39 is 11.9 Å². The minimum Gasteiger partial charge on any atom is -0.465 e. The normalized spacial score (nSPS) is 15.1. The van der Waals surface area contributed by atoms with Crippen molar-refractivity contribution in [2.75, 3.05) is 12.4 Å². The minimum atomic E-state index is -0.439. The van der Waals surface area contributed by atoms with Crippen LogP contribution in [0.2, 0.25) is 0 Å². The molecule has 1 amide bonds. The highest BCUT2D eigenvalue weighted by molar-refractivity contribution is 7.98. The number of nitrogens with one attached hydrogen (secondary N) is 1. The molecule has 1 unspecified atom stereocenters. The zero-order chi connectivity index (χ0) is 22.8. The topological polar surface area (TPSA) is 90.3 Å². The average molecular weight is 450 g/mol. The number of amides is 1. The fourth-order valence-electron chi connectivity index (χ4n) is 3.83. The lowest BCUT2D eigenvalue weighted by atomic mass is 9.86. The van der Waals surface area contributed by atoms with Crippen molar-refractivity contribution >= 4 is 29.5 Å². The molecule has 2 aromatic carbocycles. The van der Waals surface area contributed by atoms with Gasteiger partial charge in [0.05, 0.1) is 18.2 Å². The first kappa shape index (κ1) is 21.8. The van der Waals surface area contributed by atoms with E-state index in [-0.39, 0.29) is 17.9 Å². The number of fused-ring (bicyclic) bond motifs is 1. The summed E-state index contributed by atoms with van der Waals surface area (Å²) < 4.78 is 6.51. The van der Waals surface area contributed by atoms with Gasteiger partial charge >= 0.3 is 5.97 Å². The molecule has 7 nitrogen and oxygen atoms in total. The Bertz CT molecular complexity index is 1250. The number of anilines is 1. The molecule has 0 radical (unpaired) electrons. The van der Waals surface area contributed by atoms with Crippen LogP contribution in [-0.2, 0) is 22.3 Å². The lowest BCUT2D eigenvalue weighted by molar-refractivity contribution is -0.116. The van der Waals surface area contributed by atoms with E-state index in [9.17, 15) is 14.4 Å². The number of thioether (sulfide) groups is 1. The molecule has 0 saturated heterocycles. The van der Waals surface area contributed by atoms with Gasteiger partial charge in [0, 0.05) is 25.1 Å². The SMILES string of the molecule is COC(=O)c1ccc(C2CC(=O)Nc3c2c(=O)nc(SCc2ccccc2C)n3C)cc1. The quantitative estimate of drug-likeness (QED) is 0.363. The van der Waals surface area contributed by atoms with Crippen LogP contribution >= 0.6 is 11.8 Å². The number of aromatic nitrogens is 2. The first-order valence-electron chi connectivity index (χ1n) is 10.2. The summed E-state index contributed by atoms with van der Waals surface area (Å²) in [7, 11) is 3.12. The average Bonchev–Trinajstić information content (AvgIpc) is 2.80. The van der Waals surface area contributed by atoms with E-state index in [1.165, 1.54) is 24.4 Å². The molecule has 4 rings (SSSR count). The molecule has 164 valence electrons. The van der Waals surface area contributed by atoms with Gasteiger partial charge in [-0.25, -0.2) is 4.79 Å². The van der Waals surface area contributed by atoms with Crippen molar-refractivity contribution in [3.8, 4) is 0 Å². The Morgan fingerprint density at radius 3 is 2.59 bits per heavy atom. The lowest BCUT2D eigenvalue weighted by Gasteiger charge is -2.27. The first-order chi connectivity index (χ1) is 15.4. The summed E-state index contributed by atoms with van der Waals surface area (Å²) in [6.45, 7) is 2.05. The molecule has 3 aromatic rings. The van der Waals surface area contributed by atoms with Crippen LogP contribution in [0.1, 0.15) is 45.0 Å². The number of hydrogen-bond donors (Lipinski definition) is 1. The van der Waals surface area contributed by atoms with Crippen LogP contribution in [-0.4, -0.2) is 28.5 Å². The maximum Gasteiger partial charge on any atom is 0.337 e. The van der Waals surface area contributed by atoms with Crippen LogP contribution in [0.3, 0.4) is 0 Å². The Morgan fingerprint density at radius 2 is 1.91 bits per heavy atom. The highest BCUT2D eigenvalue weighted by Crippen LogP contribution is 2.36. The molecule has 2 heterocycles. The van der Waals surface area contributed by atoms with Crippen molar-refractivity contribution in [1.29, 1.82) is 0 Å². The molecule has 0 bridgehead atoms. The summed E-state index contributed by atoms with van der Waals surface area (Å²) in [5.74, 6) is 0.0856. The van der Waals surface area contributed by atoms with Crippen molar-refractivity contribution in [2.45, 2.75) is 30.2 Å². The number of methoxy groups -OCH3 is 1. The van der Waals surface area contributed by atoms with Gasteiger partial charge in [-0.05, 0) is 35.7 Å². The molecule has 0 saturated carbocycles. The fraction of sp³-hybridized carbons (Fsp3) is 0.250. The van der Waals surface area contributed by atoms with Crippen LogP contribution in [0.5, 0.6) is 0 Å². The standard InChI is InChI=1S/C24H23N3O4S/c1-14-6-4-5-7-17(14)13-32-24-26-22(29)20-18(12-19(28)25-21(20)27(24)2)15-8-10-16(11-9-15)23(30)31-3/h4-11,18H,12-13H2,1-3H3,(H,25,28). The van der Waals surface area contributed by atoms with Gasteiger partial charge in [-0.1, -0.05) is 48.2 Å². The summed E-state index contributed by atoms with van der Waals surface area (Å²) in [6, 6.07) is 14.8. The van der Waals surface area contributed by atoms with E-state index in [1.54, 1.807) is 35.9 Å². The second-order valence-electron chi connectivity index (χ2n) is 7.65. The molecule has 0 spiro atoms. The van der Waals surface area contributed by atoms with Crippen molar-refractivity contribution in [3.63, 3.8) is 0 Å². The monoisotopic (exact) mass is 449 g/mol. The van der Waals surface area contributed by atoms with Gasteiger partial charge in [0.15, 0.2) is 5.16 Å². The summed E-state index contributed by atoms with van der Waals surface area (Å²) in [6.07, 6.45) is 0.136. The Hall–Kier alpha value is -3.39. The minimum absolute atomic E-state index is 0.136. The summed E-state index contributed by atoms with van der Waals surface area (Å²) in [5.41, 5.74) is 3.62.